The molecule has 0 spiro atoms. The van der Waals surface area contributed by atoms with Gasteiger partial charge in [-0.15, -0.1) is 0 Å². The summed E-state index contributed by atoms with van der Waals surface area (Å²) >= 11 is 0. The van der Waals surface area contributed by atoms with E-state index < -0.39 is 0 Å². The predicted octanol–water partition coefficient (Wildman–Crippen LogP) is 3.23. The molecule has 0 unspecified atom stereocenters. The van der Waals surface area contributed by atoms with Crippen LogP contribution in [0.2, 0.25) is 0 Å². The topological polar surface area (TPSA) is 97.0 Å². The first-order valence-electron chi connectivity index (χ1n) is 10.3. The van der Waals surface area contributed by atoms with E-state index in [0.29, 0.717) is 36.8 Å². The van der Waals surface area contributed by atoms with Gasteiger partial charge < -0.3 is 19.0 Å². The van der Waals surface area contributed by atoms with Crippen LogP contribution in [0.25, 0.3) is 10.9 Å². The number of rotatable bonds is 7. The number of H-pyrrole nitrogens is 1. The molecule has 0 radical (unpaired) electrons. The number of aryl methyl sites for hydroxylation is 4. The number of hydrogen-bond acceptors (Lipinski definition) is 5. The summed E-state index contributed by atoms with van der Waals surface area (Å²) in [6.07, 6.45) is 4.40. The Morgan fingerprint density at radius 1 is 1.23 bits per heavy atom. The first kappa shape index (κ1) is 20.6. The van der Waals surface area contributed by atoms with Crippen LogP contribution in [0, 0.1) is 13.8 Å². The van der Waals surface area contributed by atoms with E-state index >= 15 is 0 Å². The van der Waals surface area contributed by atoms with Gasteiger partial charge in [-0.25, -0.2) is 0 Å². The monoisotopic (exact) mass is 419 g/mol. The van der Waals surface area contributed by atoms with Gasteiger partial charge in [0.1, 0.15) is 12.1 Å². The summed E-state index contributed by atoms with van der Waals surface area (Å²) in [6, 6.07) is 9.89. The molecule has 0 atom stereocenters. The lowest BCUT2D eigenvalue weighted by Crippen LogP contribution is -2.37. The van der Waals surface area contributed by atoms with Crippen molar-refractivity contribution in [2.75, 3.05) is 6.54 Å². The molecule has 31 heavy (non-hydrogen) atoms. The number of hydrogen-bond donors (Lipinski definition) is 1. The molecule has 3 aromatic heterocycles. The highest BCUT2D eigenvalue weighted by Gasteiger charge is 2.23. The fourth-order valence-corrected chi connectivity index (χ4v) is 3.73. The zero-order valence-electron chi connectivity index (χ0n) is 17.9. The van der Waals surface area contributed by atoms with Crippen LogP contribution in [-0.4, -0.2) is 37.0 Å². The number of carbonyl (C=O) groups excluding carboxylic acids is 1. The van der Waals surface area contributed by atoms with E-state index in [2.05, 4.69) is 21.2 Å². The molecule has 4 rings (SSSR count). The Hall–Kier alpha value is -3.68. The molecule has 4 aromatic rings. The lowest BCUT2D eigenvalue weighted by atomic mass is 10.1. The molecule has 0 bridgehead atoms. The van der Waals surface area contributed by atoms with Crippen molar-refractivity contribution < 1.29 is 9.32 Å². The summed E-state index contributed by atoms with van der Waals surface area (Å²) in [7, 11) is 0. The van der Waals surface area contributed by atoms with E-state index in [1.54, 1.807) is 29.5 Å². The largest absolute Gasteiger partial charge is 0.361 e. The second-order valence-corrected chi connectivity index (χ2v) is 7.54. The molecule has 0 aliphatic carbocycles. The number of benzene rings is 1. The fraction of sp³-hybridized carbons (Fsp3) is 0.304. The number of pyridine rings is 1. The first-order chi connectivity index (χ1) is 15.0. The SMILES string of the molecule is CCN(Cc1nc(C)no1)C(=O)c1c(C)ccn(CCc2c[nH]c3ccccc23)c1=O. The molecule has 160 valence electrons. The van der Waals surface area contributed by atoms with Crippen molar-refractivity contribution >= 4 is 16.8 Å². The molecule has 8 heteroatoms. The molecule has 1 N–H and O–H groups in total. The van der Waals surface area contributed by atoms with Crippen LogP contribution in [0.3, 0.4) is 0 Å². The molecule has 0 saturated carbocycles. The Morgan fingerprint density at radius 3 is 2.77 bits per heavy atom. The average Bonchev–Trinajstić information content (AvgIpc) is 3.37. The van der Waals surface area contributed by atoms with Gasteiger partial charge in [0.25, 0.3) is 11.5 Å². The van der Waals surface area contributed by atoms with Gasteiger partial charge in [-0.3, -0.25) is 9.59 Å². The number of fused-ring (bicyclic) bond motifs is 1. The van der Waals surface area contributed by atoms with Crippen LogP contribution < -0.4 is 5.56 Å². The van der Waals surface area contributed by atoms with Gasteiger partial charge in [-0.1, -0.05) is 23.4 Å². The van der Waals surface area contributed by atoms with Gasteiger partial charge in [-0.05, 0) is 50.5 Å². The van der Waals surface area contributed by atoms with Crippen molar-refractivity contribution in [2.24, 2.45) is 0 Å². The van der Waals surface area contributed by atoms with Crippen LogP contribution in [0.1, 0.15) is 40.1 Å². The Balaban J connectivity index is 1.57. The minimum Gasteiger partial charge on any atom is -0.361 e. The summed E-state index contributed by atoms with van der Waals surface area (Å²) in [5.74, 6) is 0.525. The van der Waals surface area contributed by atoms with E-state index in [1.165, 1.54) is 0 Å². The number of nitrogens with zero attached hydrogens (tertiary/aromatic N) is 4. The van der Waals surface area contributed by atoms with Crippen molar-refractivity contribution in [1.82, 2.24) is 24.6 Å². The van der Waals surface area contributed by atoms with Crippen LogP contribution in [0.4, 0.5) is 0 Å². The number of aromatic nitrogens is 4. The maximum Gasteiger partial charge on any atom is 0.263 e. The lowest BCUT2D eigenvalue weighted by Gasteiger charge is -2.20. The van der Waals surface area contributed by atoms with Gasteiger partial charge in [0, 0.05) is 36.4 Å². The van der Waals surface area contributed by atoms with Crippen molar-refractivity contribution in [1.29, 1.82) is 0 Å². The summed E-state index contributed by atoms with van der Waals surface area (Å²) in [6.45, 7) is 6.43. The maximum atomic E-state index is 13.2. The third-order valence-corrected chi connectivity index (χ3v) is 5.45. The van der Waals surface area contributed by atoms with Crippen LogP contribution in [0.15, 0.2) is 52.0 Å². The maximum absolute atomic E-state index is 13.2. The molecule has 0 saturated heterocycles. The van der Waals surface area contributed by atoms with Crippen LogP contribution in [0.5, 0.6) is 0 Å². The van der Waals surface area contributed by atoms with E-state index in [4.69, 9.17) is 4.52 Å². The highest BCUT2D eigenvalue weighted by atomic mass is 16.5. The Morgan fingerprint density at radius 2 is 2.03 bits per heavy atom. The summed E-state index contributed by atoms with van der Waals surface area (Å²) < 4.78 is 6.74. The lowest BCUT2D eigenvalue weighted by molar-refractivity contribution is 0.0731. The van der Waals surface area contributed by atoms with Crippen LogP contribution >= 0.6 is 0 Å². The minimum atomic E-state index is -0.331. The van der Waals surface area contributed by atoms with Gasteiger partial charge in [0.15, 0.2) is 5.82 Å². The van der Waals surface area contributed by atoms with Crippen molar-refractivity contribution in [3.8, 4) is 0 Å². The standard InChI is InChI=1S/C23H25N5O3/c1-4-27(14-20-25-16(3)26-31-20)22(29)21-15(2)9-11-28(23(21)30)12-10-17-13-24-19-8-6-5-7-18(17)19/h5-9,11,13,24H,4,10,12,14H2,1-3H3. The summed E-state index contributed by atoms with van der Waals surface area (Å²) in [4.78, 5) is 35.4. The van der Waals surface area contributed by atoms with E-state index in [0.717, 1.165) is 16.5 Å². The Bertz CT molecular complexity index is 1280. The van der Waals surface area contributed by atoms with Crippen molar-refractivity contribution in [3.63, 3.8) is 0 Å². The number of carbonyl (C=O) groups is 1. The number of nitrogens with one attached hydrogen (secondary N) is 1. The Kier molecular flexibility index (Phi) is 5.70. The van der Waals surface area contributed by atoms with Crippen molar-refractivity contribution in [3.05, 3.63) is 81.5 Å². The van der Waals surface area contributed by atoms with E-state index in [-0.39, 0.29) is 23.6 Å². The Labute approximate surface area is 179 Å². The second-order valence-electron chi connectivity index (χ2n) is 7.54. The smallest absolute Gasteiger partial charge is 0.263 e. The molecular weight excluding hydrogens is 394 g/mol. The highest BCUT2D eigenvalue weighted by molar-refractivity contribution is 5.95. The summed E-state index contributed by atoms with van der Waals surface area (Å²) in [5, 5.41) is 4.91. The third kappa shape index (κ3) is 4.14. The number of para-hydroxylation sites is 1. The van der Waals surface area contributed by atoms with E-state index in [9.17, 15) is 9.59 Å². The molecular formula is C23H25N5O3. The quantitative estimate of drug-likeness (QED) is 0.496. The third-order valence-electron chi connectivity index (χ3n) is 5.45. The van der Waals surface area contributed by atoms with Gasteiger partial charge in [0.05, 0.1) is 0 Å². The predicted molar refractivity (Wildman–Crippen MR) is 117 cm³/mol. The zero-order chi connectivity index (χ0) is 22.0. The fourth-order valence-electron chi connectivity index (χ4n) is 3.73. The number of amides is 1. The highest BCUT2D eigenvalue weighted by Crippen LogP contribution is 2.18. The molecule has 8 nitrogen and oxygen atoms in total. The molecule has 0 aliphatic heterocycles. The normalized spacial score (nSPS) is 11.2. The minimum absolute atomic E-state index is 0.166. The van der Waals surface area contributed by atoms with Crippen LogP contribution in [-0.2, 0) is 19.5 Å². The molecule has 3 heterocycles. The second kappa shape index (κ2) is 8.59. The van der Waals surface area contributed by atoms with E-state index in [1.807, 2.05) is 37.4 Å². The summed E-state index contributed by atoms with van der Waals surface area (Å²) in [5.41, 5.74) is 2.75. The molecule has 0 aliphatic rings. The van der Waals surface area contributed by atoms with Crippen molar-refractivity contribution in [2.45, 2.75) is 40.3 Å². The zero-order valence-corrected chi connectivity index (χ0v) is 17.9. The van der Waals surface area contributed by atoms with Gasteiger partial charge in [-0.2, -0.15) is 4.98 Å². The average molecular weight is 419 g/mol. The first-order valence-corrected chi connectivity index (χ1v) is 10.3. The molecule has 1 amide bonds. The van der Waals surface area contributed by atoms with Gasteiger partial charge >= 0.3 is 0 Å². The molecule has 0 fully saturated rings. The van der Waals surface area contributed by atoms with Gasteiger partial charge in [0.2, 0.25) is 5.89 Å². The number of aromatic amines is 1. The molecule has 1 aromatic carbocycles.